The van der Waals surface area contributed by atoms with Crippen molar-refractivity contribution in [2.24, 2.45) is 17.3 Å². The highest BCUT2D eigenvalue weighted by Crippen LogP contribution is 2.31. The second-order valence-electron chi connectivity index (χ2n) is 9.79. The van der Waals surface area contributed by atoms with E-state index in [1.165, 1.54) is 11.9 Å². The van der Waals surface area contributed by atoms with Crippen LogP contribution in [0.25, 0.3) is 0 Å². The number of amides is 2. The van der Waals surface area contributed by atoms with Gasteiger partial charge in [0.2, 0.25) is 11.8 Å². The summed E-state index contributed by atoms with van der Waals surface area (Å²) in [6, 6.07) is 0. The molecule has 0 rings (SSSR count). The highest BCUT2D eigenvalue weighted by atomic mass is 16.5. The van der Waals surface area contributed by atoms with E-state index in [0.29, 0.717) is 13.0 Å². The Bertz CT molecular complexity index is 572. The number of aliphatic hydroxyl groups excluding tert-OH is 1. The van der Waals surface area contributed by atoms with Gasteiger partial charge in [-0.15, -0.1) is 0 Å². The normalized spacial score (nSPS) is 14.3. The molecule has 0 aliphatic carbocycles. The van der Waals surface area contributed by atoms with E-state index in [4.69, 9.17) is 0 Å². The number of hydrogen-bond acceptors (Lipinski definition) is 5. The monoisotopic (exact) mass is 432 g/mol. The van der Waals surface area contributed by atoms with Crippen LogP contribution in [0, 0.1) is 17.3 Å². The van der Waals surface area contributed by atoms with E-state index in [-0.39, 0.29) is 25.3 Å². The minimum absolute atomic E-state index is 0.0920. The molecule has 0 bridgehead atoms. The zero-order valence-corrected chi connectivity index (χ0v) is 19.6. The Hall–Kier alpha value is -1.71. The topological polar surface area (TPSA) is 127 Å². The van der Waals surface area contributed by atoms with Crippen LogP contribution in [-0.4, -0.2) is 96.6 Å². The second kappa shape index (κ2) is 12.2. The Labute approximate surface area is 180 Å². The van der Waals surface area contributed by atoms with Crippen molar-refractivity contribution in [1.82, 2.24) is 10.2 Å². The van der Waals surface area contributed by atoms with Crippen molar-refractivity contribution in [3.63, 3.8) is 0 Å². The number of quaternary nitrogens is 1. The largest absolute Gasteiger partial charge is 0.481 e. The van der Waals surface area contributed by atoms with Crippen LogP contribution in [0.4, 0.5) is 0 Å². The van der Waals surface area contributed by atoms with E-state index in [1.807, 2.05) is 0 Å². The number of carbonyl (C=O) groups excluding carboxylic acids is 2. The van der Waals surface area contributed by atoms with Gasteiger partial charge in [0.05, 0.1) is 40.2 Å². The van der Waals surface area contributed by atoms with E-state index in [2.05, 4.69) is 26.5 Å². The van der Waals surface area contributed by atoms with Crippen molar-refractivity contribution < 1.29 is 34.2 Å². The van der Waals surface area contributed by atoms with Crippen molar-refractivity contribution in [2.45, 2.75) is 52.7 Å². The predicted molar refractivity (Wildman–Crippen MR) is 114 cm³/mol. The highest BCUT2D eigenvalue weighted by Gasteiger charge is 2.37. The quantitative estimate of drug-likeness (QED) is 0.180. The molecular weight excluding hydrogens is 390 g/mol. The molecule has 0 saturated heterocycles. The molecule has 0 aromatic heterocycles. The number of aliphatic carboxylic acids is 1. The molecule has 9 heteroatoms. The van der Waals surface area contributed by atoms with Gasteiger partial charge in [0.25, 0.3) is 0 Å². The first-order valence-corrected chi connectivity index (χ1v) is 10.5. The molecule has 0 aromatic rings. The summed E-state index contributed by atoms with van der Waals surface area (Å²) in [6.07, 6.45) is -0.235. The van der Waals surface area contributed by atoms with Crippen molar-refractivity contribution >= 4 is 17.8 Å². The van der Waals surface area contributed by atoms with E-state index in [0.717, 1.165) is 17.4 Å². The van der Waals surface area contributed by atoms with Crippen LogP contribution >= 0.6 is 0 Å². The van der Waals surface area contributed by atoms with Crippen LogP contribution in [0.1, 0.15) is 46.5 Å². The number of aliphatic hydroxyl groups is 2. The molecule has 2 atom stereocenters. The Balaban J connectivity index is 5.26. The van der Waals surface area contributed by atoms with Crippen molar-refractivity contribution in [3.05, 3.63) is 0 Å². The molecule has 2 unspecified atom stereocenters. The summed E-state index contributed by atoms with van der Waals surface area (Å²) in [5.41, 5.74) is -0.883. The molecule has 30 heavy (non-hydrogen) atoms. The maximum Gasteiger partial charge on any atom is 0.306 e. The van der Waals surface area contributed by atoms with Crippen LogP contribution in [0.3, 0.4) is 0 Å². The molecular formula is C21H42N3O6+. The van der Waals surface area contributed by atoms with Crippen LogP contribution in [0.5, 0.6) is 0 Å². The van der Waals surface area contributed by atoms with Gasteiger partial charge in [-0.3, -0.25) is 14.4 Å². The standard InChI is InChI=1S/C21H41N3O6/c1-8-15(19(28)29)12-16(18(27)23(4)14-17(25)26)13-21(2,3)20(30)22-10-9-11-24(5,6)7/h15-17,25-26H,8-14H2,1-7H3,(H-,22,28,29,30)/p+1. The minimum atomic E-state index is -1.68. The number of nitrogens with one attached hydrogen (secondary N) is 1. The zero-order chi connectivity index (χ0) is 23.7. The van der Waals surface area contributed by atoms with Gasteiger partial charge in [0.1, 0.15) is 0 Å². The van der Waals surface area contributed by atoms with Crippen LogP contribution < -0.4 is 5.32 Å². The number of carbonyl (C=O) groups is 3. The van der Waals surface area contributed by atoms with Gasteiger partial charge < -0.3 is 30.0 Å². The lowest BCUT2D eigenvalue weighted by molar-refractivity contribution is -0.870. The van der Waals surface area contributed by atoms with Gasteiger partial charge in [-0.1, -0.05) is 20.8 Å². The molecule has 0 spiro atoms. The first-order valence-electron chi connectivity index (χ1n) is 10.5. The summed E-state index contributed by atoms with van der Waals surface area (Å²) in [6.45, 7) is 6.38. The molecule has 0 heterocycles. The Morgan fingerprint density at radius 2 is 1.67 bits per heavy atom. The molecule has 0 radical (unpaired) electrons. The molecule has 0 fully saturated rings. The number of hydrogen-bond donors (Lipinski definition) is 4. The first-order chi connectivity index (χ1) is 13.6. The smallest absolute Gasteiger partial charge is 0.306 e. The van der Waals surface area contributed by atoms with Crippen molar-refractivity contribution in [1.29, 1.82) is 0 Å². The molecule has 0 saturated carbocycles. The molecule has 0 aromatic carbocycles. The number of nitrogens with zero attached hydrogens (tertiary/aromatic N) is 2. The average Bonchev–Trinajstić information content (AvgIpc) is 2.59. The third kappa shape index (κ3) is 10.9. The maximum atomic E-state index is 12.9. The molecule has 0 aliphatic rings. The molecule has 9 nitrogen and oxygen atoms in total. The fraction of sp³-hybridized carbons (Fsp3) is 0.857. The van der Waals surface area contributed by atoms with Crippen LogP contribution in [-0.2, 0) is 14.4 Å². The lowest BCUT2D eigenvalue weighted by atomic mass is 9.77. The van der Waals surface area contributed by atoms with E-state index < -0.39 is 35.4 Å². The lowest BCUT2D eigenvalue weighted by Crippen LogP contribution is -2.44. The number of carboxylic acids is 1. The SMILES string of the molecule is CCC(CC(CC(C)(C)C(=O)NCCC[N+](C)(C)C)C(=O)N(C)CC(O)O)C(=O)O. The highest BCUT2D eigenvalue weighted by molar-refractivity contribution is 5.84. The molecule has 0 aliphatic heterocycles. The third-order valence-corrected chi connectivity index (χ3v) is 5.24. The number of likely N-dealkylation sites (N-methyl/N-ethyl adjacent to an activating group) is 1. The molecule has 176 valence electrons. The fourth-order valence-electron chi connectivity index (χ4n) is 3.41. The Morgan fingerprint density at radius 1 is 1.10 bits per heavy atom. The van der Waals surface area contributed by atoms with Gasteiger partial charge in [0, 0.05) is 31.3 Å². The number of rotatable bonds is 14. The summed E-state index contributed by atoms with van der Waals surface area (Å²) in [7, 11) is 7.67. The second-order valence-corrected chi connectivity index (χ2v) is 9.79. The van der Waals surface area contributed by atoms with E-state index in [9.17, 15) is 29.7 Å². The van der Waals surface area contributed by atoms with Gasteiger partial charge in [-0.2, -0.15) is 0 Å². The number of carboxylic acid groups (broad SMARTS) is 1. The van der Waals surface area contributed by atoms with E-state index >= 15 is 0 Å². The van der Waals surface area contributed by atoms with Crippen LogP contribution in [0.15, 0.2) is 0 Å². The summed E-state index contributed by atoms with van der Waals surface area (Å²) < 4.78 is 0.798. The summed E-state index contributed by atoms with van der Waals surface area (Å²) >= 11 is 0. The van der Waals surface area contributed by atoms with Crippen molar-refractivity contribution in [3.8, 4) is 0 Å². The van der Waals surface area contributed by atoms with Gasteiger partial charge in [0.15, 0.2) is 6.29 Å². The third-order valence-electron chi connectivity index (χ3n) is 5.24. The first kappa shape index (κ1) is 28.3. The van der Waals surface area contributed by atoms with Gasteiger partial charge >= 0.3 is 5.97 Å². The maximum absolute atomic E-state index is 12.9. The fourth-order valence-corrected chi connectivity index (χ4v) is 3.41. The van der Waals surface area contributed by atoms with E-state index in [1.54, 1.807) is 20.8 Å². The van der Waals surface area contributed by atoms with Crippen LogP contribution in [0.2, 0.25) is 0 Å². The Kier molecular flexibility index (Phi) is 11.5. The lowest BCUT2D eigenvalue weighted by Gasteiger charge is -2.32. The Morgan fingerprint density at radius 3 is 2.10 bits per heavy atom. The van der Waals surface area contributed by atoms with Gasteiger partial charge in [-0.05, 0) is 19.3 Å². The predicted octanol–water partition coefficient (Wildman–Crippen LogP) is 0.501. The van der Waals surface area contributed by atoms with Gasteiger partial charge in [-0.25, -0.2) is 0 Å². The molecule has 4 N–H and O–H groups in total. The minimum Gasteiger partial charge on any atom is -0.481 e. The van der Waals surface area contributed by atoms with Crippen molar-refractivity contribution in [2.75, 3.05) is 47.8 Å². The summed E-state index contributed by atoms with van der Waals surface area (Å²) in [5.74, 6) is -3.00. The summed E-state index contributed by atoms with van der Waals surface area (Å²) in [5, 5.41) is 30.7. The molecule has 2 amide bonds. The average molecular weight is 433 g/mol. The zero-order valence-electron chi connectivity index (χ0n) is 19.6. The summed E-state index contributed by atoms with van der Waals surface area (Å²) in [4.78, 5) is 38.3.